The molecule has 0 heterocycles. The highest BCUT2D eigenvalue weighted by Gasteiger charge is 2.13. The van der Waals surface area contributed by atoms with E-state index in [9.17, 15) is 9.59 Å². The van der Waals surface area contributed by atoms with Crippen molar-refractivity contribution in [2.24, 2.45) is 0 Å². The van der Waals surface area contributed by atoms with Gasteiger partial charge in [-0.25, -0.2) is 0 Å². The van der Waals surface area contributed by atoms with Gasteiger partial charge in [-0.3, -0.25) is 9.59 Å². The van der Waals surface area contributed by atoms with Crippen molar-refractivity contribution in [2.45, 2.75) is 39.0 Å². The molecule has 0 radical (unpaired) electrons. The van der Waals surface area contributed by atoms with Crippen LogP contribution >= 0.6 is 0 Å². The van der Waals surface area contributed by atoms with Crippen LogP contribution in [0.4, 0.5) is 0 Å². The fourth-order valence-corrected chi connectivity index (χ4v) is 1.89. The number of rotatable bonds is 7. The Morgan fingerprint density at radius 2 is 1.74 bits per heavy atom. The second-order valence-electron chi connectivity index (χ2n) is 6.79. The predicted octanol–water partition coefficient (Wildman–Crippen LogP) is 2.35. The van der Waals surface area contributed by atoms with E-state index < -0.39 is 0 Å². The molecule has 1 N–H and O–H groups in total. The molecule has 2 amide bonds. The summed E-state index contributed by atoms with van der Waals surface area (Å²) in [6.45, 7) is 7.03. The lowest BCUT2D eigenvalue weighted by atomic mass is 9.87. The molecule has 1 aromatic carbocycles. The van der Waals surface area contributed by atoms with Crippen LogP contribution in [0.1, 0.15) is 39.2 Å². The molecule has 0 atom stereocenters. The SMILES string of the molecule is CN(C)C(=O)CNC(=O)CCCOc1ccc(C(C)(C)C)cc1. The molecule has 0 aromatic heterocycles. The number of benzene rings is 1. The normalized spacial score (nSPS) is 11.0. The lowest BCUT2D eigenvalue weighted by Crippen LogP contribution is -2.36. The highest BCUT2D eigenvalue weighted by Crippen LogP contribution is 2.24. The number of hydrogen-bond acceptors (Lipinski definition) is 3. The van der Waals surface area contributed by atoms with Crippen LogP contribution in [0.5, 0.6) is 5.75 Å². The lowest BCUT2D eigenvalue weighted by Gasteiger charge is -2.19. The van der Waals surface area contributed by atoms with E-state index in [1.54, 1.807) is 14.1 Å². The summed E-state index contributed by atoms with van der Waals surface area (Å²) in [6.07, 6.45) is 0.962. The van der Waals surface area contributed by atoms with Gasteiger partial charge in [-0.1, -0.05) is 32.9 Å². The molecular formula is C18H28N2O3. The first-order chi connectivity index (χ1) is 10.7. The van der Waals surface area contributed by atoms with E-state index in [1.165, 1.54) is 10.5 Å². The molecule has 0 saturated heterocycles. The zero-order valence-electron chi connectivity index (χ0n) is 14.8. The first-order valence-electron chi connectivity index (χ1n) is 7.90. The Morgan fingerprint density at radius 1 is 1.13 bits per heavy atom. The molecule has 128 valence electrons. The smallest absolute Gasteiger partial charge is 0.241 e. The Balaban J connectivity index is 2.24. The molecule has 0 fully saturated rings. The number of hydrogen-bond donors (Lipinski definition) is 1. The summed E-state index contributed by atoms with van der Waals surface area (Å²) in [6, 6.07) is 8.04. The molecule has 5 heteroatoms. The first kappa shape index (κ1) is 19.0. The Morgan fingerprint density at radius 3 is 2.26 bits per heavy atom. The Hall–Kier alpha value is -2.04. The van der Waals surface area contributed by atoms with Crippen LogP contribution in [0.15, 0.2) is 24.3 Å². The van der Waals surface area contributed by atoms with Crippen molar-refractivity contribution in [2.75, 3.05) is 27.2 Å². The average Bonchev–Trinajstić information content (AvgIpc) is 2.48. The van der Waals surface area contributed by atoms with E-state index in [0.29, 0.717) is 19.4 Å². The first-order valence-corrected chi connectivity index (χ1v) is 7.90. The summed E-state index contributed by atoms with van der Waals surface area (Å²) in [7, 11) is 3.32. The zero-order valence-corrected chi connectivity index (χ0v) is 14.8. The van der Waals surface area contributed by atoms with Gasteiger partial charge in [0.05, 0.1) is 13.2 Å². The third-order valence-electron chi connectivity index (χ3n) is 3.47. The second-order valence-corrected chi connectivity index (χ2v) is 6.79. The number of carbonyl (C=O) groups is 2. The molecule has 0 aliphatic heterocycles. The van der Waals surface area contributed by atoms with E-state index in [4.69, 9.17) is 4.74 Å². The van der Waals surface area contributed by atoms with Crippen molar-refractivity contribution in [1.29, 1.82) is 0 Å². The minimum atomic E-state index is -0.133. The monoisotopic (exact) mass is 320 g/mol. The molecular weight excluding hydrogens is 292 g/mol. The Labute approximate surface area is 139 Å². The Kier molecular flexibility index (Phi) is 7.07. The van der Waals surface area contributed by atoms with Gasteiger partial charge in [0.15, 0.2) is 0 Å². The molecule has 0 aliphatic rings. The van der Waals surface area contributed by atoms with Gasteiger partial charge in [-0.05, 0) is 29.5 Å². The average molecular weight is 320 g/mol. The lowest BCUT2D eigenvalue weighted by molar-refractivity contribution is -0.130. The van der Waals surface area contributed by atoms with Gasteiger partial charge in [-0.2, -0.15) is 0 Å². The molecule has 1 aromatic rings. The molecule has 0 unspecified atom stereocenters. The second kappa shape index (κ2) is 8.56. The molecule has 0 spiro atoms. The van der Waals surface area contributed by atoms with E-state index in [1.807, 2.05) is 12.1 Å². The maximum absolute atomic E-state index is 11.6. The molecule has 23 heavy (non-hydrogen) atoms. The van der Waals surface area contributed by atoms with Crippen LogP contribution < -0.4 is 10.1 Å². The van der Waals surface area contributed by atoms with Crippen molar-refractivity contribution >= 4 is 11.8 Å². The third-order valence-corrected chi connectivity index (χ3v) is 3.47. The highest BCUT2D eigenvalue weighted by atomic mass is 16.5. The molecule has 0 bridgehead atoms. The van der Waals surface area contributed by atoms with Gasteiger partial charge in [0.25, 0.3) is 0 Å². The summed E-state index contributed by atoms with van der Waals surface area (Å²) in [4.78, 5) is 24.4. The molecule has 0 aliphatic carbocycles. The number of carbonyl (C=O) groups excluding carboxylic acids is 2. The molecule has 0 saturated carbocycles. The quantitative estimate of drug-likeness (QED) is 0.785. The zero-order chi connectivity index (χ0) is 17.5. The Bertz CT molecular complexity index is 516. The van der Waals surface area contributed by atoms with Crippen molar-refractivity contribution in [3.63, 3.8) is 0 Å². The summed E-state index contributed by atoms with van der Waals surface area (Å²) in [5, 5.41) is 2.60. The topological polar surface area (TPSA) is 58.6 Å². The standard InChI is InChI=1S/C18H28N2O3/c1-18(2,3)14-8-10-15(11-9-14)23-12-6-7-16(21)19-13-17(22)20(4)5/h8-11H,6-7,12-13H2,1-5H3,(H,19,21). The van der Waals surface area contributed by atoms with Crippen LogP contribution in [0.25, 0.3) is 0 Å². The predicted molar refractivity (Wildman–Crippen MR) is 91.6 cm³/mol. The molecule has 1 rings (SSSR count). The number of amides is 2. The van der Waals surface area contributed by atoms with Gasteiger partial charge in [0, 0.05) is 20.5 Å². The van der Waals surface area contributed by atoms with Gasteiger partial charge >= 0.3 is 0 Å². The van der Waals surface area contributed by atoms with Crippen LogP contribution in [0, 0.1) is 0 Å². The van der Waals surface area contributed by atoms with Crippen LogP contribution in [0.2, 0.25) is 0 Å². The summed E-state index contributed by atoms with van der Waals surface area (Å²) in [5.41, 5.74) is 1.38. The van der Waals surface area contributed by atoms with E-state index in [0.717, 1.165) is 5.75 Å². The number of nitrogens with zero attached hydrogens (tertiary/aromatic N) is 1. The summed E-state index contributed by atoms with van der Waals surface area (Å²) >= 11 is 0. The van der Waals surface area contributed by atoms with Crippen LogP contribution in [0.3, 0.4) is 0 Å². The van der Waals surface area contributed by atoms with Crippen molar-refractivity contribution in [3.05, 3.63) is 29.8 Å². The molecule has 5 nitrogen and oxygen atoms in total. The largest absolute Gasteiger partial charge is 0.494 e. The van der Waals surface area contributed by atoms with Crippen LogP contribution in [-0.4, -0.2) is 44.0 Å². The van der Waals surface area contributed by atoms with Gasteiger partial charge < -0.3 is 15.0 Å². The minimum Gasteiger partial charge on any atom is -0.494 e. The number of likely N-dealkylation sites (N-methyl/N-ethyl adjacent to an activating group) is 1. The maximum atomic E-state index is 11.6. The van der Waals surface area contributed by atoms with Gasteiger partial charge in [-0.15, -0.1) is 0 Å². The van der Waals surface area contributed by atoms with Gasteiger partial charge in [0.1, 0.15) is 5.75 Å². The minimum absolute atomic E-state index is 0.0426. The van der Waals surface area contributed by atoms with Crippen molar-refractivity contribution in [3.8, 4) is 5.75 Å². The van der Waals surface area contributed by atoms with E-state index >= 15 is 0 Å². The third kappa shape index (κ3) is 7.17. The maximum Gasteiger partial charge on any atom is 0.241 e. The van der Waals surface area contributed by atoms with Gasteiger partial charge in [0.2, 0.25) is 11.8 Å². The number of ether oxygens (including phenoxy) is 1. The fraction of sp³-hybridized carbons (Fsp3) is 0.556. The fourth-order valence-electron chi connectivity index (χ4n) is 1.89. The van der Waals surface area contributed by atoms with Crippen molar-refractivity contribution < 1.29 is 14.3 Å². The van der Waals surface area contributed by atoms with Crippen LogP contribution in [-0.2, 0) is 15.0 Å². The summed E-state index contributed by atoms with van der Waals surface area (Å²) in [5.74, 6) is 0.557. The van der Waals surface area contributed by atoms with E-state index in [-0.39, 0.29) is 23.8 Å². The summed E-state index contributed by atoms with van der Waals surface area (Å²) < 4.78 is 5.63. The van der Waals surface area contributed by atoms with E-state index in [2.05, 4.69) is 38.2 Å². The number of nitrogens with one attached hydrogen (secondary N) is 1. The highest BCUT2D eigenvalue weighted by molar-refractivity contribution is 5.84. The van der Waals surface area contributed by atoms with Crippen molar-refractivity contribution in [1.82, 2.24) is 10.2 Å².